The molecule has 1 saturated heterocycles. The maximum Gasteiger partial charge on any atom is 0.225 e. The van der Waals surface area contributed by atoms with Gasteiger partial charge in [-0.25, -0.2) is 4.98 Å². The van der Waals surface area contributed by atoms with Gasteiger partial charge in [-0.05, 0) is 30.2 Å². The molecule has 3 aromatic heterocycles. The van der Waals surface area contributed by atoms with Gasteiger partial charge in [-0.15, -0.1) is 17.8 Å². The van der Waals surface area contributed by atoms with E-state index in [1.807, 2.05) is 12.1 Å². The third-order valence-corrected chi connectivity index (χ3v) is 5.91. The van der Waals surface area contributed by atoms with Crippen molar-refractivity contribution in [2.24, 2.45) is 5.73 Å². The third kappa shape index (κ3) is 3.17. The topological polar surface area (TPSA) is 86.2 Å². The molecule has 3 N–H and O–H groups in total. The lowest BCUT2D eigenvalue weighted by molar-refractivity contribution is 0.0703. The molecule has 0 unspecified atom stereocenters. The van der Waals surface area contributed by atoms with Gasteiger partial charge in [0, 0.05) is 23.4 Å². The van der Waals surface area contributed by atoms with E-state index >= 15 is 0 Å². The van der Waals surface area contributed by atoms with Gasteiger partial charge in [0.1, 0.15) is 17.1 Å². The number of nitrogens with two attached hydrogens (primary N) is 1. The Hall–Kier alpha value is -2.11. The van der Waals surface area contributed by atoms with Crippen LogP contribution >= 0.6 is 22.9 Å². The molecular formula is C18H17ClN4O2S. The van der Waals surface area contributed by atoms with Crippen LogP contribution in [0.15, 0.2) is 22.8 Å². The summed E-state index contributed by atoms with van der Waals surface area (Å²) in [6.45, 7) is 1.69. The quantitative estimate of drug-likeness (QED) is 0.526. The molecule has 1 aliphatic rings. The van der Waals surface area contributed by atoms with E-state index < -0.39 is 0 Å². The molecule has 0 radical (unpaired) electrons. The molecule has 4 heterocycles. The van der Waals surface area contributed by atoms with Gasteiger partial charge in [-0.2, -0.15) is 4.98 Å². The van der Waals surface area contributed by atoms with Crippen LogP contribution in [0.4, 0.5) is 5.82 Å². The number of ether oxygens (including phenoxy) is 1. The van der Waals surface area contributed by atoms with E-state index in [-0.39, 0.29) is 17.2 Å². The Morgan fingerprint density at radius 2 is 2.35 bits per heavy atom. The number of aromatic nitrogens is 2. The van der Waals surface area contributed by atoms with Crippen LogP contribution < -0.4 is 11.1 Å². The highest BCUT2D eigenvalue weighted by atomic mass is 35.5. The summed E-state index contributed by atoms with van der Waals surface area (Å²) in [6.07, 6.45) is 8.27. The van der Waals surface area contributed by atoms with Crippen LogP contribution in [0.1, 0.15) is 28.5 Å². The molecule has 0 amide bonds. The molecule has 1 aliphatic heterocycles. The summed E-state index contributed by atoms with van der Waals surface area (Å²) >= 11 is 7.72. The van der Waals surface area contributed by atoms with Crippen molar-refractivity contribution in [1.29, 1.82) is 0 Å². The van der Waals surface area contributed by atoms with Crippen LogP contribution in [-0.2, 0) is 11.3 Å². The van der Waals surface area contributed by atoms with Gasteiger partial charge in [0.25, 0.3) is 0 Å². The average molecular weight is 389 g/mol. The Bertz CT molecular complexity index is 964. The summed E-state index contributed by atoms with van der Waals surface area (Å²) in [5, 5.41) is 3.42. The Morgan fingerprint density at radius 3 is 3.08 bits per heavy atom. The predicted octanol–water partition coefficient (Wildman–Crippen LogP) is 3.36. The normalized spacial score (nSPS) is 20.2. The lowest BCUT2D eigenvalue weighted by Gasteiger charge is -2.28. The minimum atomic E-state index is -0.0909. The number of terminal acetylenes is 1. The fourth-order valence-corrected chi connectivity index (χ4v) is 4.71. The first-order valence-electron chi connectivity index (χ1n) is 8.23. The highest BCUT2D eigenvalue weighted by molar-refractivity contribution is 7.20. The lowest BCUT2D eigenvalue weighted by Crippen LogP contribution is -2.37. The molecule has 6 nitrogen and oxygen atoms in total. The molecule has 3 aromatic rings. The Labute approximate surface area is 159 Å². The predicted molar refractivity (Wildman–Crippen MR) is 103 cm³/mol. The van der Waals surface area contributed by atoms with Crippen molar-refractivity contribution in [3.05, 3.63) is 39.9 Å². The summed E-state index contributed by atoms with van der Waals surface area (Å²) in [6, 6.07) is 3.64. The van der Waals surface area contributed by atoms with E-state index in [0.29, 0.717) is 31.1 Å². The number of fused-ring (bicyclic) bond motifs is 1. The largest absolute Gasteiger partial charge is 0.467 e. The zero-order valence-corrected chi connectivity index (χ0v) is 15.4. The van der Waals surface area contributed by atoms with Gasteiger partial charge in [0.2, 0.25) is 5.28 Å². The van der Waals surface area contributed by atoms with Gasteiger partial charge in [0.15, 0.2) is 0 Å². The highest BCUT2D eigenvalue weighted by Crippen LogP contribution is 2.41. The molecule has 26 heavy (non-hydrogen) atoms. The number of hydrogen-bond donors (Lipinski definition) is 2. The molecule has 134 valence electrons. The molecule has 0 spiro atoms. The van der Waals surface area contributed by atoms with Crippen molar-refractivity contribution >= 4 is 39.0 Å². The molecule has 8 heteroatoms. The first-order chi connectivity index (χ1) is 12.7. The van der Waals surface area contributed by atoms with Crippen molar-refractivity contribution in [3.63, 3.8) is 0 Å². The molecule has 0 aromatic carbocycles. The number of halogens is 1. The number of hydrogen-bond acceptors (Lipinski definition) is 7. The number of anilines is 1. The fourth-order valence-electron chi connectivity index (χ4n) is 3.16. The smallest absolute Gasteiger partial charge is 0.225 e. The van der Waals surface area contributed by atoms with Crippen LogP contribution in [0.5, 0.6) is 0 Å². The van der Waals surface area contributed by atoms with Crippen LogP contribution in [0.25, 0.3) is 10.2 Å². The standard InChI is InChI=1S/C18H17ClN4O2S/c1-2-11-14-16(26-15(11)12-5-7-24-9-13(12)20)17(23-18(19)22-14)21-8-10-4-3-6-25-10/h1,3-4,6,12-13H,5,7-9,20H2,(H,21,22,23)/t12-,13-/m0/s1. The first kappa shape index (κ1) is 17.3. The van der Waals surface area contributed by atoms with Crippen molar-refractivity contribution in [3.8, 4) is 12.3 Å². The second-order valence-corrected chi connectivity index (χ2v) is 7.46. The van der Waals surface area contributed by atoms with Crippen molar-refractivity contribution in [1.82, 2.24) is 9.97 Å². The van der Waals surface area contributed by atoms with E-state index in [0.717, 1.165) is 27.3 Å². The number of nitrogens with zero attached hydrogens (tertiary/aromatic N) is 2. The van der Waals surface area contributed by atoms with Crippen LogP contribution in [0.3, 0.4) is 0 Å². The van der Waals surface area contributed by atoms with Gasteiger partial charge >= 0.3 is 0 Å². The third-order valence-electron chi connectivity index (χ3n) is 4.43. The van der Waals surface area contributed by atoms with E-state index in [1.54, 1.807) is 17.6 Å². The molecule has 4 rings (SSSR count). The minimum Gasteiger partial charge on any atom is -0.467 e. The van der Waals surface area contributed by atoms with Gasteiger partial charge in [0.05, 0.1) is 29.7 Å². The Kier molecular flexibility index (Phi) is 4.83. The minimum absolute atomic E-state index is 0.0909. The van der Waals surface area contributed by atoms with Crippen molar-refractivity contribution in [2.45, 2.75) is 24.9 Å². The van der Waals surface area contributed by atoms with E-state index in [1.165, 1.54) is 0 Å². The average Bonchev–Trinajstić information content (AvgIpc) is 3.27. The second kappa shape index (κ2) is 7.25. The Balaban J connectivity index is 1.77. The van der Waals surface area contributed by atoms with Gasteiger partial charge in [-0.3, -0.25) is 0 Å². The van der Waals surface area contributed by atoms with Crippen molar-refractivity contribution < 1.29 is 9.15 Å². The van der Waals surface area contributed by atoms with E-state index in [9.17, 15) is 0 Å². The van der Waals surface area contributed by atoms with E-state index in [2.05, 4.69) is 21.2 Å². The molecule has 2 atom stereocenters. The summed E-state index contributed by atoms with van der Waals surface area (Å²) in [7, 11) is 0. The molecular weight excluding hydrogens is 372 g/mol. The number of rotatable bonds is 4. The number of thiophene rings is 1. The lowest BCUT2D eigenvalue weighted by atomic mass is 9.91. The van der Waals surface area contributed by atoms with Crippen LogP contribution in [-0.4, -0.2) is 29.2 Å². The SMILES string of the molecule is C#Cc1c([C@H]2CCOC[C@@H]2N)sc2c(NCc3ccco3)nc(Cl)nc12. The van der Waals surface area contributed by atoms with Crippen molar-refractivity contribution in [2.75, 3.05) is 18.5 Å². The second-order valence-electron chi connectivity index (χ2n) is 6.07. The maximum absolute atomic E-state index is 6.27. The molecule has 0 saturated carbocycles. The summed E-state index contributed by atoms with van der Waals surface area (Å²) < 4.78 is 11.7. The fraction of sp³-hybridized carbons (Fsp3) is 0.333. The van der Waals surface area contributed by atoms with Gasteiger partial charge in [-0.1, -0.05) is 5.92 Å². The first-order valence-corrected chi connectivity index (χ1v) is 9.43. The zero-order valence-electron chi connectivity index (χ0n) is 13.9. The molecule has 0 bridgehead atoms. The summed E-state index contributed by atoms with van der Waals surface area (Å²) in [5.74, 6) is 4.37. The van der Waals surface area contributed by atoms with E-state index in [4.69, 9.17) is 32.9 Å². The Morgan fingerprint density at radius 1 is 1.46 bits per heavy atom. The zero-order chi connectivity index (χ0) is 18.1. The van der Waals surface area contributed by atoms with Crippen LogP contribution in [0.2, 0.25) is 5.28 Å². The van der Waals surface area contributed by atoms with Crippen LogP contribution in [0, 0.1) is 12.3 Å². The molecule has 1 fully saturated rings. The van der Waals surface area contributed by atoms with Gasteiger partial charge < -0.3 is 20.2 Å². The number of nitrogens with one attached hydrogen (secondary N) is 1. The summed E-state index contributed by atoms with van der Waals surface area (Å²) in [4.78, 5) is 9.77. The molecule has 0 aliphatic carbocycles. The monoisotopic (exact) mass is 388 g/mol. The maximum atomic E-state index is 6.27. The number of furan rings is 1. The highest BCUT2D eigenvalue weighted by Gasteiger charge is 2.30. The summed E-state index contributed by atoms with van der Waals surface area (Å²) in [5.41, 5.74) is 7.71.